The fourth-order valence-electron chi connectivity index (χ4n) is 3.21. The molecule has 122 valence electrons. The fourth-order valence-corrected chi connectivity index (χ4v) is 3.21. The molecule has 0 aliphatic carbocycles. The zero-order chi connectivity index (χ0) is 16.0. The van der Waals surface area contributed by atoms with E-state index < -0.39 is 5.41 Å². The van der Waals surface area contributed by atoms with Crippen molar-refractivity contribution in [1.82, 2.24) is 5.32 Å². The van der Waals surface area contributed by atoms with Gasteiger partial charge in [-0.1, -0.05) is 32.0 Å². The summed E-state index contributed by atoms with van der Waals surface area (Å²) < 4.78 is 0. The number of amides is 1. The van der Waals surface area contributed by atoms with Gasteiger partial charge >= 0.3 is 0 Å². The molecule has 1 amide bonds. The molecular formula is C18H29N3O. The Labute approximate surface area is 134 Å². The van der Waals surface area contributed by atoms with Crippen molar-refractivity contribution in [3.8, 4) is 0 Å². The van der Waals surface area contributed by atoms with E-state index in [-0.39, 0.29) is 11.9 Å². The molecule has 1 aromatic carbocycles. The van der Waals surface area contributed by atoms with Crippen LogP contribution in [0.2, 0.25) is 0 Å². The average Bonchev–Trinajstić information content (AvgIpc) is 2.58. The highest BCUT2D eigenvalue weighted by Crippen LogP contribution is 2.26. The van der Waals surface area contributed by atoms with Crippen molar-refractivity contribution in [1.29, 1.82) is 0 Å². The highest BCUT2D eigenvalue weighted by atomic mass is 16.2. The lowest BCUT2D eigenvalue weighted by Gasteiger charge is -2.36. The summed E-state index contributed by atoms with van der Waals surface area (Å²) in [4.78, 5) is 15.0. The van der Waals surface area contributed by atoms with Crippen LogP contribution in [0.4, 0.5) is 5.69 Å². The number of nitrogens with zero attached hydrogens (tertiary/aromatic N) is 1. The van der Waals surface area contributed by atoms with E-state index in [1.54, 1.807) is 0 Å². The maximum atomic E-state index is 12.6. The Balaban J connectivity index is 1.88. The molecular weight excluding hydrogens is 274 g/mol. The summed E-state index contributed by atoms with van der Waals surface area (Å²) >= 11 is 0. The Morgan fingerprint density at radius 1 is 1.23 bits per heavy atom. The monoisotopic (exact) mass is 303 g/mol. The van der Waals surface area contributed by atoms with E-state index in [9.17, 15) is 4.79 Å². The van der Waals surface area contributed by atoms with Gasteiger partial charge in [0.15, 0.2) is 0 Å². The van der Waals surface area contributed by atoms with Crippen molar-refractivity contribution in [2.45, 2.75) is 45.6 Å². The van der Waals surface area contributed by atoms with Gasteiger partial charge in [0.25, 0.3) is 0 Å². The predicted molar refractivity (Wildman–Crippen MR) is 91.9 cm³/mol. The predicted octanol–water partition coefficient (Wildman–Crippen LogP) is 2.54. The minimum atomic E-state index is -0.392. The van der Waals surface area contributed by atoms with E-state index in [1.807, 2.05) is 19.9 Å². The Morgan fingerprint density at radius 3 is 2.32 bits per heavy atom. The first kappa shape index (κ1) is 16.8. The second kappa shape index (κ2) is 7.63. The van der Waals surface area contributed by atoms with Crippen molar-refractivity contribution in [3.05, 3.63) is 30.3 Å². The van der Waals surface area contributed by atoms with E-state index >= 15 is 0 Å². The molecule has 0 atom stereocenters. The van der Waals surface area contributed by atoms with Crippen LogP contribution in [-0.2, 0) is 4.79 Å². The largest absolute Gasteiger partial charge is 0.371 e. The number of para-hydroxylation sites is 1. The summed E-state index contributed by atoms with van der Waals surface area (Å²) in [5.74, 6) is 0.137. The molecule has 0 bridgehead atoms. The smallest absolute Gasteiger partial charge is 0.227 e. The van der Waals surface area contributed by atoms with Gasteiger partial charge in [0.1, 0.15) is 0 Å². The average molecular weight is 303 g/mol. The zero-order valence-electron chi connectivity index (χ0n) is 13.8. The van der Waals surface area contributed by atoms with Gasteiger partial charge in [-0.2, -0.15) is 0 Å². The summed E-state index contributed by atoms with van der Waals surface area (Å²) in [6, 6.07) is 10.7. The second-order valence-corrected chi connectivity index (χ2v) is 6.26. The SMILES string of the molecule is CCC(CC)(CN)C(=O)NC1CCN(c2ccccc2)CC1. The molecule has 4 nitrogen and oxygen atoms in total. The molecule has 4 heteroatoms. The lowest BCUT2D eigenvalue weighted by atomic mass is 9.81. The third-order valence-corrected chi connectivity index (χ3v) is 5.18. The molecule has 1 saturated heterocycles. The standard InChI is InChI=1S/C18H29N3O/c1-3-18(4-2,14-19)17(22)20-15-10-12-21(13-11-15)16-8-6-5-7-9-16/h5-9,15H,3-4,10-14,19H2,1-2H3,(H,20,22). The number of hydrogen-bond donors (Lipinski definition) is 2. The van der Waals surface area contributed by atoms with E-state index in [2.05, 4.69) is 34.5 Å². The number of hydrogen-bond acceptors (Lipinski definition) is 3. The summed E-state index contributed by atoms with van der Waals surface area (Å²) in [5, 5.41) is 3.24. The van der Waals surface area contributed by atoms with E-state index in [0.717, 1.165) is 38.8 Å². The summed E-state index contributed by atoms with van der Waals surface area (Å²) in [6.45, 7) is 6.50. The zero-order valence-corrected chi connectivity index (χ0v) is 13.8. The number of carbonyl (C=O) groups is 1. The maximum Gasteiger partial charge on any atom is 0.227 e. The number of piperidine rings is 1. The van der Waals surface area contributed by atoms with Crippen LogP contribution in [0.25, 0.3) is 0 Å². The van der Waals surface area contributed by atoms with Gasteiger partial charge in [0, 0.05) is 31.4 Å². The van der Waals surface area contributed by atoms with Gasteiger partial charge in [-0.3, -0.25) is 4.79 Å². The van der Waals surface area contributed by atoms with Crippen LogP contribution in [0.15, 0.2) is 30.3 Å². The first-order valence-electron chi connectivity index (χ1n) is 8.46. The summed E-state index contributed by atoms with van der Waals surface area (Å²) in [6.07, 6.45) is 3.59. The molecule has 2 rings (SSSR count). The molecule has 3 N–H and O–H groups in total. The van der Waals surface area contributed by atoms with Crippen molar-refractivity contribution in [2.75, 3.05) is 24.5 Å². The Morgan fingerprint density at radius 2 is 1.82 bits per heavy atom. The van der Waals surface area contributed by atoms with Crippen molar-refractivity contribution < 1.29 is 4.79 Å². The van der Waals surface area contributed by atoms with E-state index in [4.69, 9.17) is 5.73 Å². The lowest BCUT2D eigenvalue weighted by molar-refractivity contribution is -0.131. The van der Waals surface area contributed by atoms with Gasteiger partial charge < -0.3 is 16.0 Å². The number of rotatable bonds is 6. The number of nitrogens with one attached hydrogen (secondary N) is 1. The molecule has 0 unspecified atom stereocenters. The van der Waals surface area contributed by atoms with Crippen LogP contribution in [0.5, 0.6) is 0 Å². The van der Waals surface area contributed by atoms with Gasteiger partial charge in [-0.25, -0.2) is 0 Å². The third-order valence-electron chi connectivity index (χ3n) is 5.18. The first-order valence-corrected chi connectivity index (χ1v) is 8.46. The fraction of sp³-hybridized carbons (Fsp3) is 0.611. The van der Waals surface area contributed by atoms with Crippen LogP contribution >= 0.6 is 0 Å². The van der Waals surface area contributed by atoms with Crippen LogP contribution < -0.4 is 16.0 Å². The van der Waals surface area contributed by atoms with Crippen molar-refractivity contribution >= 4 is 11.6 Å². The normalized spacial score (nSPS) is 16.6. The van der Waals surface area contributed by atoms with Gasteiger partial charge in [-0.15, -0.1) is 0 Å². The lowest BCUT2D eigenvalue weighted by Crippen LogP contribution is -2.51. The van der Waals surface area contributed by atoms with Gasteiger partial charge in [-0.05, 0) is 37.8 Å². The number of carbonyl (C=O) groups excluding carboxylic acids is 1. The molecule has 1 aliphatic heterocycles. The van der Waals surface area contributed by atoms with Crippen LogP contribution in [0.1, 0.15) is 39.5 Å². The third kappa shape index (κ3) is 3.61. The molecule has 0 spiro atoms. The summed E-state index contributed by atoms with van der Waals surface area (Å²) in [7, 11) is 0. The van der Waals surface area contributed by atoms with Crippen LogP contribution in [0, 0.1) is 5.41 Å². The van der Waals surface area contributed by atoms with E-state index in [1.165, 1.54) is 5.69 Å². The van der Waals surface area contributed by atoms with Crippen molar-refractivity contribution in [2.24, 2.45) is 11.1 Å². The summed E-state index contributed by atoms with van der Waals surface area (Å²) in [5.41, 5.74) is 6.74. The minimum absolute atomic E-state index is 0.137. The molecule has 1 heterocycles. The molecule has 0 saturated carbocycles. The molecule has 1 aliphatic rings. The highest BCUT2D eigenvalue weighted by Gasteiger charge is 2.35. The molecule has 22 heavy (non-hydrogen) atoms. The molecule has 0 radical (unpaired) electrons. The maximum absolute atomic E-state index is 12.6. The number of anilines is 1. The first-order chi connectivity index (χ1) is 10.6. The Hall–Kier alpha value is -1.55. The van der Waals surface area contributed by atoms with E-state index in [0.29, 0.717) is 6.54 Å². The minimum Gasteiger partial charge on any atom is -0.371 e. The van der Waals surface area contributed by atoms with Gasteiger partial charge in [0.2, 0.25) is 5.91 Å². The molecule has 0 aromatic heterocycles. The Kier molecular flexibility index (Phi) is 5.83. The van der Waals surface area contributed by atoms with Crippen molar-refractivity contribution in [3.63, 3.8) is 0 Å². The second-order valence-electron chi connectivity index (χ2n) is 6.26. The number of benzene rings is 1. The highest BCUT2D eigenvalue weighted by molar-refractivity contribution is 5.83. The number of nitrogens with two attached hydrogens (primary N) is 1. The van der Waals surface area contributed by atoms with Gasteiger partial charge in [0.05, 0.1) is 5.41 Å². The van der Waals surface area contributed by atoms with Crippen LogP contribution in [-0.4, -0.2) is 31.6 Å². The quantitative estimate of drug-likeness (QED) is 0.849. The molecule has 1 fully saturated rings. The topological polar surface area (TPSA) is 58.4 Å². The van der Waals surface area contributed by atoms with Crippen LogP contribution in [0.3, 0.4) is 0 Å². The molecule has 1 aromatic rings. The Bertz CT molecular complexity index is 454.